The Morgan fingerprint density at radius 2 is 2.25 bits per heavy atom. The molecule has 0 aliphatic carbocycles. The second kappa shape index (κ2) is 4.35. The Morgan fingerprint density at radius 1 is 1.44 bits per heavy atom. The number of benzene rings is 1. The van der Waals surface area contributed by atoms with Crippen LogP contribution in [-0.2, 0) is 22.6 Å². The summed E-state index contributed by atoms with van der Waals surface area (Å²) in [5.41, 5.74) is 3.15. The van der Waals surface area contributed by atoms with Crippen LogP contribution in [0.1, 0.15) is 18.1 Å². The zero-order valence-electron chi connectivity index (χ0n) is 9.19. The first kappa shape index (κ1) is 10.7. The van der Waals surface area contributed by atoms with Gasteiger partial charge in [0.15, 0.2) is 0 Å². The van der Waals surface area contributed by atoms with Crippen LogP contribution in [0.4, 0.5) is 5.69 Å². The first-order chi connectivity index (χ1) is 7.70. The standard InChI is InChI=1S/C12H14N2O2/c1-9(16)14-5-4-10-2-3-12(13-8-15)6-11(10)7-14/h2-3,6,8H,4-5,7H2,1H3,(H,13,15). The van der Waals surface area contributed by atoms with Gasteiger partial charge in [-0.05, 0) is 29.7 Å². The molecule has 0 radical (unpaired) electrons. The average Bonchev–Trinajstić information content (AvgIpc) is 2.28. The molecule has 2 rings (SSSR count). The largest absolute Gasteiger partial charge is 0.338 e. The number of nitrogens with zero attached hydrogens (tertiary/aromatic N) is 1. The SMILES string of the molecule is CC(=O)N1CCc2ccc(NC=O)cc2C1. The van der Waals surface area contributed by atoms with Crippen LogP contribution in [0.5, 0.6) is 0 Å². The predicted octanol–water partition coefficient (Wildman–Crippen LogP) is 1.16. The summed E-state index contributed by atoms with van der Waals surface area (Å²) < 4.78 is 0. The molecule has 0 saturated carbocycles. The summed E-state index contributed by atoms with van der Waals surface area (Å²) in [4.78, 5) is 23.4. The van der Waals surface area contributed by atoms with E-state index < -0.39 is 0 Å². The van der Waals surface area contributed by atoms with Crippen molar-refractivity contribution in [3.05, 3.63) is 29.3 Å². The highest BCUT2D eigenvalue weighted by Gasteiger charge is 2.17. The molecule has 1 aliphatic rings. The van der Waals surface area contributed by atoms with Crippen molar-refractivity contribution in [3.8, 4) is 0 Å². The lowest BCUT2D eigenvalue weighted by Crippen LogP contribution is -2.34. The number of rotatable bonds is 2. The molecule has 4 nitrogen and oxygen atoms in total. The minimum absolute atomic E-state index is 0.0967. The minimum Gasteiger partial charge on any atom is -0.338 e. The molecule has 1 aromatic carbocycles. The van der Waals surface area contributed by atoms with Gasteiger partial charge in [-0.25, -0.2) is 0 Å². The first-order valence-corrected chi connectivity index (χ1v) is 5.28. The fourth-order valence-electron chi connectivity index (χ4n) is 1.98. The Labute approximate surface area is 94.2 Å². The van der Waals surface area contributed by atoms with E-state index in [2.05, 4.69) is 5.32 Å². The van der Waals surface area contributed by atoms with E-state index in [1.54, 1.807) is 6.92 Å². The Hall–Kier alpha value is -1.84. The average molecular weight is 218 g/mol. The zero-order valence-corrected chi connectivity index (χ0v) is 9.19. The number of anilines is 1. The Balaban J connectivity index is 2.24. The summed E-state index contributed by atoms with van der Waals surface area (Å²) in [6, 6.07) is 5.83. The number of hydrogen-bond donors (Lipinski definition) is 1. The lowest BCUT2D eigenvalue weighted by atomic mass is 9.99. The number of nitrogens with one attached hydrogen (secondary N) is 1. The minimum atomic E-state index is 0.0967. The number of hydrogen-bond acceptors (Lipinski definition) is 2. The fourth-order valence-corrected chi connectivity index (χ4v) is 1.98. The quantitative estimate of drug-likeness (QED) is 0.757. The van der Waals surface area contributed by atoms with Crippen LogP contribution in [0.25, 0.3) is 0 Å². The molecule has 1 aliphatic heterocycles. The van der Waals surface area contributed by atoms with E-state index in [1.165, 1.54) is 5.56 Å². The molecule has 1 heterocycles. The third-order valence-electron chi connectivity index (χ3n) is 2.89. The molecule has 2 amide bonds. The molecule has 4 heteroatoms. The van der Waals surface area contributed by atoms with E-state index in [0.29, 0.717) is 13.0 Å². The molecular formula is C12H14N2O2. The van der Waals surface area contributed by atoms with E-state index in [9.17, 15) is 9.59 Å². The molecule has 0 unspecified atom stereocenters. The Morgan fingerprint density at radius 3 is 2.94 bits per heavy atom. The van der Waals surface area contributed by atoms with Gasteiger partial charge >= 0.3 is 0 Å². The van der Waals surface area contributed by atoms with Gasteiger partial charge in [0.2, 0.25) is 12.3 Å². The molecule has 0 saturated heterocycles. The summed E-state index contributed by atoms with van der Waals surface area (Å²) in [6.45, 7) is 3.00. The monoisotopic (exact) mass is 218 g/mol. The molecule has 84 valence electrons. The van der Waals surface area contributed by atoms with Gasteiger partial charge in [-0.15, -0.1) is 0 Å². The lowest BCUT2D eigenvalue weighted by molar-refractivity contribution is -0.129. The van der Waals surface area contributed by atoms with Gasteiger partial charge in [0.1, 0.15) is 0 Å². The normalized spacial score (nSPS) is 14.2. The highest BCUT2D eigenvalue weighted by atomic mass is 16.2. The van der Waals surface area contributed by atoms with E-state index in [1.807, 2.05) is 23.1 Å². The summed E-state index contributed by atoms with van der Waals surface area (Å²) in [7, 11) is 0. The van der Waals surface area contributed by atoms with Crippen LogP contribution in [0.15, 0.2) is 18.2 Å². The highest BCUT2D eigenvalue weighted by Crippen LogP contribution is 2.22. The number of amides is 2. The van der Waals surface area contributed by atoms with Crippen LogP contribution in [-0.4, -0.2) is 23.8 Å². The Bertz CT molecular complexity index is 429. The smallest absolute Gasteiger partial charge is 0.219 e. The van der Waals surface area contributed by atoms with E-state index in [-0.39, 0.29) is 5.91 Å². The summed E-state index contributed by atoms with van der Waals surface area (Å²) in [5.74, 6) is 0.0967. The maximum absolute atomic E-state index is 11.3. The van der Waals surface area contributed by atoms with Crippen molar-refractivity contribution < 1.29 is 9.59 Å². The van der Waals surface area contributed by atoms with E-state index in [4.69, 9.17) is 0 Å². The number of fused-ring (bicyclic) bond motifs is 1. The van der Waals surface area contributed by atoms with Crippen LogP contribution in [0.2, 0.25) is 0 Å². The van der Waals surface area contributed by atoms with Crippen molar-refractivity contribution in [2.75, 3.05) is 11.9 Å². The van der Waals surface area contributed by atoms with Crippen molar-refractivity contribution in [1.29, 1.82) is 0 Å². The van der Waals surface area contributed by atoms with Crippen LogP contribution in [0, 0.1) is 0 Å². The first-order valence-electron chi connectivity index (χ1n) is 5.28. The van der Waals surface area contributed by atoms with Crippen LogP contribution < -0.4 is 5.32 Å². The van der Waals surface area contributed by atoms with Gasteiger partial charge in [-0.3, -0.25) is 9.59 Å². The van der Waals surface area contributed by atoms with Gasteiger partial charge < -0.3 is 10.2 Å². The molecule has 16 heavy (non-hydrogen) atoms. The summed E-state index contributed by atoms with van der Waals surface area (Å²) in [5, 5.41) is 2.62. The summed E-state index contributed by atoms with van der Waals surface area (Å²) in [6.07, 6.45) is 1.55. The topological polar surface area (TPSA) is 49.4 Å². The van der Waals surface area contributed by atoms with Crippen LogP contribution >= 0.6 is 0 Å². The van der Waals surface area contributed by atoms with Gasteiger partial charge in [0.25, 0.3) is 0 Å². The predicted molar refractivity (Wildman–Crippen MR) is 60.9 cm³/mol. The summed E-state index contributed by atoms with van der Waals surface area (Å²) >= 11 is 0. The molecule has 1 N–H and O–H groups in total. The number of carbonyl (C=O) groups is 2. The van der Waals surface area contributed by atoms with Gasteiger partial charge in [-0.2, -0.15) is 0 Å². The van der Waals surface area contributed by atoms with Gasteiger partial charge in [0.05, 0.1) is 0 Å². The molecule has 0 atom stereocenters. The van der Waals surface area contributed by atoms with Gasteiger partial charge in [0, 0.05) is 25.7 Å². The highest BCUT2D eigenvalue weighted by molar-refractivity contribution is 5.74. The van der Waals surface area contributed by atoms with Crippen molar-refractivity contribution in [3.63, 3.8) is 0 Å². The molecular weight excluding hydrogens is 204 g/mol. The molecule has 0 fully saturated rings. The van der Waals surface area contributed by atoms with Crippen molar-refractivity contribution in [1.82, 2.24) is 4.90 Å². The number of carbonyl (C=O) groups excluding carboxylic acids is 2. The van der Waals surface area contributed by atoms with Crippen molar-refractivity contribution in [2.24, 2.45) is 0 Å². The van der Waals surface area contributed by atoms with E-state index >= 15 is 0 Å². The Kier molecular flexibility index (Phi) is 2.90. The van der Waals surface area contributed by atoms with Crippen molar-refractivity contribution in [2.45, 2.75) is 19.9 Å². The molecule has 0 spiro atoms. The second-order valence-corrected chi connectivity index (χ2v) is 3.94. The molecule has 0 bridgehead atoms. The van der Waals surface area contributed by atoms with Crippen molar-refractivity contribution >= 4 is 18.0 Å². The maximum Gasteiger partial charge on any atom is 0.219 e. The lowest BCUT2D eigenvalue weighted by Gasteiger charge is -2.28. The zero-order chi connectivity index (χ0) is 11.5. The third kappa shape index (κ3) is 2.05. The third-order valence-corrected chi connectivity index (χ3v) is 2.89. The van der Waals surface area contributed by atoms with Gasteiger partial charge in [-0.1, -0.05) is 6.07 Å². The molecule has 1 aromatic rings. The second-order valence-electron chi connectivity index (χ2n) is 3.94. The van der Waals surface area contributed by atoms with E-state index in [0.717, 1.165) is 24.2 Å². The van der Waals surface area contributed by atoms with Crippen LogP contribution in [0.3, 0.4) is 0 Å². The molecule has 0 aromatic heterocycles. The fraction of sp³-hybridized carbons (Fsp3) is 0.333. The maximum atomic E-state index is 11.3.